The zero-order valence-corrected chi connectivity index (χ0v) is 22.5. The Kier molecular flexibility index (Phi) is 10.1. The van der Waals surface area contributed by atoms with Gasteiger partial charge in [-0.2, -0.15) is 0 Å². The van der Waals surface area contributed by atoms with Crippen LogP contribution in [0, 0.1) is 0 Å². The zero-order chi connectivity index (χ0) is 29.0. The van der Waals surface area contributed by atoms with Crippen LogP contribution < -0.4 is 35.5 Å². The molecule has 216 valence electrons. The Balaban J connectivity index is 1.46. The minimum atomic E-state index is -1.24. The molecule has 5 N–H and O–H groups in total. The standard InChI is InChI=1S/C28H32N6O7/c1-39-19-6-8-20(9-7-19)40-12-10-30-28(38)23-15-25(35)33-22(14-18-16-29-17-32-18)27(37)31-11-13-41-24-5-3-2-4-21(24)26(36)34-23/h2-9,16-17,22-23H,10-15H2,1H3,(H,29,32)(H,30,38)(H,31,37)(H,33,35)(H,34,36)/t22-,23-/m0/s1. The number of H-pyrrole nitrogens is 1. The van der Waals surface area contributed by atoms with Gasteiger partial charge in [0.25, 0.3) is 5.91 Å². The quantitative estimate of drug-likeness (QED) is 0.244. The maximum Gasteiger partial charge on any atom is 0.255 e. The van der Waals surface area contributed by atoms with Crippen LogP contribution in [-0.2, 0) is 20.8 Å². The Morgan fingerprint density at radius 1 is 1.07 bits per heavy atom. The first kappa shape index (κ1) is 28.9. The predicted molar refractivity (Wildman–Crippen MR) is 147 cm³/mol. The second kappa shape index (κ2) is 14.4. The van der Waals surface area contributed by atoms with Crippen molar-refractivity contribution in [1.29, 1.82) is 0 Å². The third-order valence-electron chi connectivity index (χ3n) is 6.16. The van der Waals surface area contributed by atoms with Gasteiger partial charge in [0, 0.05) is 18.3 Å². The molecule has 3 aromatic rings. The molecule has 4 amide bonds. The van der Waals surface area contributed by atoms with Crippen LogP contribution >= 0.6 is 0 Å². The highest BCUT2D eigenvalue weighted by atomic mass is 16.5. The minimum Gasteiger partial charge on any atom is -0.497 e. The second-order valence-electron chi connectivity index (χ2n) is 9.08. The van der Waals surface area contributed by atoms with Gasteiger partial charge >= 0.3 is 0 Å². The summed E-state index contributed by atoms with van der Waals surface area (Å²) in [6.07, 6.45) is 2.76. The number of aromatic nitrogens is 2. The number of amides is 4. The molecule has 4 rings (SSSR count). The van der Waals surface area contributed by atoms with E-state index in [0.717, 1.165) is 0 Å². The average molecular weight is 565 g/mol. The Morgan fingerprint density at radius 2 is 1.85 bits per heavy atom. The fourth-order valence-corrected chi connectivity index (χ4v) is 4.09. The topological polar surface area (TPSA) is 173 Å². The van der Waals surface area contributed by atoms with Crippen LogP contribution in [0.3, 0.4) is 0 Å². The number of carbonyl (C=O) groups excluding carboxylic acids is 4. The van der Waals surface area contributed by atoms with Gasteiger partial charge in [-0.05, 0) is 36.4 Å². The molecule has 1 aliphatic heterocycles. The summed E-state index contributed by atoms with van der Waals surface area (Å²) in [6.45, 7) is 0.490. The number of fused-ring (bicyclic) bond motifs is 1. The van der Waals surface area contributed by atoms with Gasteiger partial charge in [0.2, 0.25) is 17.7 Å². The fourth-order valence-electron chi connectivity index (χ4n) is 4.09. The SMILES string of the molecule is COc1ccc(OCCNC(=O)[C@@H]2CC(=O)N[C@@H](Cc3cnc[nH]3)C(=O)NCCOc3ccccc3C(=O)N2)cc1. The summed E-state index contributed by atoms with van der Waals surface area (Å²) in [5.74, 6) is -0.649. The molecule has 13 nitrogen and oxygen atoms in total. The lowest BCUT2D eigenvalue weighted by Gasteiger charge is -2.23. The molecule has 0 spiro atoms. The highest BCUT2D eigenvalue weighted by Crippen LogP contribution is 2.19. The minimum absolute atomic E-state index is 0.0822. The Bertz CT molecular complexity index is 1330. The smallest absolute Gasteiger partial charge is 0.255 e. The summed E-state index contributed by atoms with van der Waals surface area (Å²) in [5, 5.41) is 10.7. The van der Waals surface area contributed by atoms with E-state index in [1.807, 2.05) is 0 Å². The van der Waals surface area contributed by atoms with Crippen molar-refractivity contribution in [3.05, 3.63) is 72.3 Å². The van der Waals surface area contributed by atoms with Crippen LogP contribution in [0.4, 0.5) is 0 Å². The molecule has 1 aromatic heterocycles. The molecule has 0 unspecified atom stereocenters. The van der Waals surface area contributed by atoms with Crippen LogP contribution in [0.1, 0.15) is 22.5 Å². The van der Waals surface area contributed by atoms with Gasteiger partial charge in [0.15, 0.2) is 0 Å². The molecule has 2 heterocycles. The number of aromatic amines is 1. The largest absolute Gasteiger partial charge is 0.497 e. The maximum absolute atomic E-state index is 13.2. The van der Waals surface area contributed by atoms with Crippen molar-refractivity contribution < 1.29 is 33.4 Å². The molecular formula is C28H32N6O7. The first-order valence-electron chi connectivity index (χ1n) is 13.0. The fraction of sp³-hybridized carbons (Fsp3) is 0.321. The second-order valence-corrected chi connectivity index (χ2v) is 9.08. The van der Waals surface area contributed by atoms with Crippen molar-refractivity contribution >= 4 is 23.6 Å². The molecule has 1 aliphatic rings. The molecule has 0 aliphatic carbocycles. The first-order valence-corrected chi connectivity index (χ1v) is 13.0. The van der Waals surface area contributed by atoms with Crippen molar-refractivity contribution in [2.45, 2.75) is 24.9 Å². The number of imidazole rings is 1. The molecule has 13 heteroatoms. The summed E-state index contributed by atoms with van der Waals surface area (Å²) >= 11 is 0. The summed E-state index contributed by atoms with van der Waals surface area (Å²) in [5.41, 5.74) is 0.824. The summed E-state index contributed by atoms with van der Waals surface area (Å²) in [6, 6.07) is 11.3. The van der Waals surface area contributed by atoms with Gasteiger partial charge in [-0.1, -0.05) is 12.1 Å². The number of benzene rings is 2. The molecule has 0 bridgehead atoms. The number of rotatable bonds is 8. The molecule has 2 atom stereocenters. The lowest BCUT2D eigenvalue weighted by atomic mass is 10.1. The number of nitrogens with one attached hydrogen (secondary N) is 5. The predicted octanol–water partition coefficient (Wildman–Crippen LogP) is 0.338. The summed E-state index contributed by atoms with van der Waals surface area (Å²) < 4.78 is 16.5. The van der Waals surface area contributed by atoms with Gasteiger partial charge in [0.05, 0.1) is 38.5 Å². The molecule has 0 fully saturated rings. The Morgan fingerprint density at radius 3 is 2.61 bits per heavy atom. The normalized spacial score (nSPS) is 17.9. The van der Waals surface area contributed by atoms with E-state index in [-0.39, 0.29) is 44.0 Å². The van der Waals surface area contributed by atoms with Crippen LogP contribution in [0.2, 0.25) is 0 Å². The van der Waals surface area contributed by atoms with Crippen molar-refractivity contribution in [2.75, 3.05) is 33.4 Å². The number of para-hydroxylation sites is 1. The van der Waals surface area contributed by atoms with Crippen molar-refractivity contribution in [1.82, 2.24) is 31.2 Å². The molecule has 0 saturated carbocycles. The van der Waals surface area contributed by atoms with Crippen molar-refractivity contribution in [2.24, 2.45) is 0 Å². The van der Waals surface area contributed by atoms with Crippen LogP contribution in [0.5, 0.6) is 17.2 Å². The van der Waals surface area contributed by atoms with E-state index in [4.69, 9.17) is 14.2 Å². The number of hydrogen-bond donors (Lipinski definition) is 5. The third kappa shape index (κ3) is 8.46. The first-order chi connectivity index (χ1) is 19.9. The molecular weight excluding hydrogens is 532 g/mol. The number of carbonyl (C=O) groups is 4. The molecule has 0 radical (unpaired) electrons. The van der Waals surface area contributed by atoms with E-state index >= 15 is 0 Å². The average Bonchev–Trinajstić information content (AvgIpc) is 3.50. The summed E-state index contributed by atoms with van der Waals surface area (Å²) in [4.78, 5) is 59.1. The van der Waals surface area contributed by atoms with Crippen LogP contribution in [-0.4, -0.2) is 79.1 Å². The van der Waals surface area contributed by atoms with Gasteiger partial charge in [-0.25, -0.2) is 4.98 Å². The van der Waals surface area contributed by atoms with Gasteiger partial charge < -0.3 is 40.5 Å². The maximum atomic E-state index is 13.2. The molecule has 41 heavy (non-hydrogen) atoms. The van der Waals surface area contributed by atoms with E-state index in [1.54, 1.807) is 61.8 Å². The van der Waals surface area contributed by atoms with Crippen molar-refractivity contribution in [3.8, 4) is 17.2 Å². The van der Waals surface area contributed by atoms with Crippen LogP contribution in [0.15, 0.2) is 61.1 Å². The van der Waals surface area contributed by atoms with E-state index in [0.29, 0.717) is 17.2 Å². The van der Waals surface area contributed by atoms with Crippen molar-refractivity contribution in [3.63, 3.8) is 0 Å². The highest BCUT2D eigenvalue weighted by Gasteiger charge is 2.29. The lowest BCUT2D eigenvalue weighted by molar-refractivity contribution is -0.131. The van der Waals surface area contributed by atoms with Gasteiger partial charge in [-0.3, -0.25) is 19.2 Å². The Hall–Kier alpha value is -5.07. The number of methoxy groups -OCH3 is 1. The number of hydrogen-bond acceptors (Lipinski definition) is 8. The number of nitrogens with zero attached hydrogens (tertiary/aromatic N) is 1. The molecule has 2 aromatic carbocycles. The summed E-state index contributed by atoms with van der Waals surface area (Å²) in [7, 11) is 1.57. The van der Waals surface area contributed by atoms with Gasteiger partial charge in [0.1, 0.15) is 42.5 Å². The van der Waals surface area contributed by atoms with E-state index in [1.165, 1.54) is 6.33 Å². The van der Waals surface area contributed by atoms with Crippen LogP contribution in [0.25, 0.3) is 0 Å². The highest BCUT2D eigenvalue weighted by molar-refractivity contribution is 6.01. The lowest BCUT2D eigenvalue weighted by Crippen LogP contribution is -2.53. The van der Waals surface area contributed by atoms with E-state index in [9.17, 15) is 19.2 Å². The third-order valence-corrected chi connectivity index (χ3v) is 6.16. The monoisotopic (exact) mass is 564 g/mol. The molecule has 0 saturated heterocycles. The number of ether oxygens (including phenoxy) is 3. The zero-order valence-electron chi connectivity index (χ0n) is 22.5. The van der Waals surface area contributed by atoms with E-state index in [2.05, 4.69) is 31.2 Å². The Labute approximate surface area is 236 Å². The van der Waals surface area contributed by atoms with Gasteiger partial charge in [-0.15, -0.1) is 0 Å². The van der Waals surface area contributed by atoms with E-state index < -0.39 is 42.1 Å².